The van der Waals surface area contributed by atoms with Crippen molar-refractivity contribution in [3.63, 3.8) is 0 Å². The number of aliphatic hydroxyl groups excluding tert-OH is 1. The number of amides is 1. The van der Waals surface area contributed by atoms with E-state index in [2.05, 4.69) is 15.2 Å². The fourth-order valence-corrected chi connectivity index (χ4v) is 3.23. The van der Waals surface area contributed by atoms with Crippen LogP contribution in [0.25, 0.3) is 0 Å². The Morgan fingerprint density at radius 1 is 1.25 bits per heavy atom. The summed E-state index contributed by atoms with van der Waals surface area (Å²) in [6.45, 7) is 0.808. The quantitative estimate of drug-likeness (QED) is 0.849. The zero-order chi connectivity index (χ0) is 16.8. The second-order valence-corrected chi connectivity index (χ2v) is 6.13. The van der Waals surface area contributed by atoms with E-state index in [1.54, 1.807) is 12.4 Å². The monoisotopic (exact) mass is 325 g/mol. The predicted molar refractivity (Wildman–Crippen MR) is 93.8 cm³/mol. The Balaban J connectivity index is 1.64. The first-order valence-electron chi connectivity index (χ1n) is 8.40. The number of nitrogens with one attached hydrogen (secondary N) is 1. The molecule has 0 spiro atoms. The van der Waals surface area contributed by atoms with E-state index < -0.39 is 0 Å². The molecule has 2 atom stereocenters. The van der Waals surface area contributed by atoms with E-state index in [1.165, 1.54) is 0 Å². The molecule has 2 N–H and O–H groups in total. The smallest absolute Gasteiger partial charge is 0.243 e. The second kappa shape index (κ2) is 7.93. The van der Waals surface area contributed by atoms with Crippen molar-refractivity contribution in [1.82, 2.24) is 10.3 Å². The molecule has 1 aromatic carbocycles. The molecule has 24 heavy (non-hydrogen) atoms. The van der Waals surface area contributed by atoms with E-state index in [-0.39, 0.29) is 24.6 Å². The number of aliphatic hydroxyl groups is 1. The van der Waals surface area contributed by atoms with Gasteiger partial charge in [-0.25, -0.2) is 0 Å². The number of rotatable bonds is 6. The Bertz CT molecular complexity index is 648. The van der Waals surface area contributed by atoms with Gasteiger partial charge in [0.05, 0.1) is 12.6 Å². The molecule has 0 radical (unpaired) electrons. The molecule has 5 heteroatoms. The number of hydrogen-bond acceptors (Lipinski definition) is 4. The first kappa shape index (κ1) is 16.5. The summed E-state index contributed by atoms with van der Waals surface area (Å²) in [5.74, 6) is -0.00976. The Morgan fingerprint density at radius 2 is 2.00 bits per heavy atom. The number of carbonyl (C=O) groups excluding carboxylic acids is 1. The zero-order valence-electron chi connectivity index (χ0n) is 13.6. The molecule has 2 heterocycles. The van der Waals surface area contributed by atoms with Crippen LogP contribution in [0.1, 0.15) is 18.4 Å². The lowest BCUT2D eigenvalue weighted by atomic mass is 10.1. The minimum atomic E-state index is -0.280. The van der Waals surface area contributed by atoms with Gasteiger partial charge in [0, 0.05) is 24.6 Å². The first-order valence-corrected chi connectivity index (χ1v) is 8.40. The van der Waals surface area contributed by atoms with Crippen molar-refractivity contribution in [2.75, 3.05) is 18.1 Å². The average molecular weight is 325 g/mol. The normalized spacial score (nSPS) is 18.4. The highest BCUT2D eigenvalue weighted by molar-refractivity contribution is 5.86. The number of para-hydroxylation sites is 1. The highest BCUT2D eigenvalue weighted by Crippen LogP contribution is 2.25. The summed E-state index contributed by atoms with van der Waals surface area (Å²) in [6, 6.07) is 13.4. The van der Waals surface area contributed by atoms with Crippen LogP contribution in [-0.4, -0.2) is 41.2 Å². The van der Waals surface area contributed by atoms with Crippen molar-refractivity contribution in [3.05, 3.63) is 60.4 Å². The van der Waals surface area contributed by atoms with Gasteiger partial charge in [0.15, 0.2) is 0 Å². The van der Waals surface area contributed by atoms with Gasteiger partial charge >= 0.3 is 0 Å². The number of nitrogens with zero attached hydrogens (tertiary/aromatic N) is 2. The molecule has 2 aromatic rings. The molecule has 3 rings (SSSR count). The third-order valence-corrected chi connectivity index (χ3v) is 4.44. The summed E-state index contributed by atoms with van der Waals surface area (Å²) in [5, 5.41) is 12.6. The lowest BCUT2D eigenvalue weighted by Gasteiger charge is -2.27. The standard InChI is InChI=1S/C19H23N3O2/c23-14-16(13-15-8-10-20-11-9-15)21-19(24)18-7-4-12-22(18)17-5-2-1-3-6-17/h1-3,5-6,8-11,16,18,23H,4,7,12-14H2,(H,21,24)/t16-,18-/m0/s1. The minimum absolute atomic E-state index is 0.00976. The maximum atomic E-state index is 12.7. The van der Waals surface area contributed by atoms with Gasteiger partial charge < -0.3 is 15.3 Å². The zero-order valence-corrected chi connectivity index (χ0v) is 13.6. The summed E-state index contributed by atoms with van der Waals surface area (Å²) < 4.78 is 0. The molecular weight excluding hydrogens is 302 g/mol. The van der Waals surface area contributed by atoms with Crippen LogP contribution in [0.15, 0.2) is 54.9 Å². The van der Waals surface area contributed by atoms with Crippen LogP contribution in [-0.2, 0) is 11.2 Å². The Labute approximate surface area is 142 Å². The highest BCUT2D eigenvalue weighted by atomic mass is 16.3. The van der Waals surface area contributed by atoms with E-state index in [4.69, 9.17) is 0 Å². The molecule has 126 valence electrons. The number of pyridine rings is 1. The second-order valence-electron chi connectivity index (χ2n) is 6.13. The summed E-state index contributed by atoms with van der Waals surface area (Å²) in [4.78, 5) is 18.9. The van der Waals surface area contributed by atoms with Crippen molar-refractivity contribution < 1.29 is 9.90 Å². The molecule has 0 aliphatic carbocycles. The van der Waals surface area contributed by atoms with Gasteiger partial charge in [-0.2, -0.15) is 0 Å². The van der Waals surface area contributed by atoms with E-state index in [0.717, 1.165) is 30.6 Å². The topological polar surface area (TPSA) is 65.5 Å². The van der Waals surface area contributed by atoms with Crippen LogP contribution in [0.2, 0.25) is 0 Å². The average Bonchev–Trinajstić information content (AvgIpc) is 3.12. The SMILES string of the molecule is O=C(N[C@H](CO)Cc1ccncc1)[C@@H]1CCCN1c1ccccc1. The summed E-state index contributed by atoms with van der Waals surface area (Å²) in [7, 11) is 0. The van der Waals surface area contributed by atoms with Crippen molar-refractivity contribution >= 4 is 11.6 Å². The van der Waals surface area contributed by atoms with E-state index >= 15 is 0 Å². The number of anilines is 1. The van der Waals surface area contributed by atoms with E-state index in [1.807, 2.05) is 42.5 Å². The van der Waals surface area contributed by atoms with Crippen molar-refractivity contribution in [2.45, 2.75) is 31.3 Å². The van der Waals surface area contributed by atoms with Gasteiger partial charge in [0.25, 0.3) is 0 Å². The molecule has 1 fully saturated rings. The Morgan fingerprint density at radius 3 is 2.71 bits per heavy atom. The molecular formula is C19H23N3O2. The number of benzene rings is 1. The van der Waals surface area contributed by atoms with E-state index in [9.17, 15) is 9.90 Å². The summed E-state index contributed by atoms with van der Waals surface area (Å²) in [6.07, 6.45) is 5.89. The first-order chi connectivity index (χ1) is 11.8. The van der Waals surface area contributed by atoms with Gasteiger partial charge in [-0.3, -0.25) is 9.78 Å². The molecule has 5 nitrogen and oxygen atoms in total. The fourth-order valence-electron chi connectivity index (χ4n) is 3.23. The third-order valence-electron chi connectivity index (χ3n) is 4.44. The van der Waals surface area contributed by atoms with Crippen molar-refractivity contribution in [1.29, 1.82) is 0 Å². The lowest BCUT2D eigenvalue weighted by Crippen LogP contribution is -2.48. The lowest BCUT2D eigenvalue weighted by molar-refractivity contribution is -0.123. The van der Waals surface area contributed by atoms with Crippen molar-refractivity contribution in [3.8, 4) is 0 Å². The largest absolute Gasteiger partial charge is 0.394 e. The van der Waals surface area contributed by atoms with Crippen LogP contribution in [0, 0.1) is 0 Å². The molecule has 1 aliphatic rings. The Kier molecular flexibility index (Phi) is 5.43. The van der Waals surface area contributed by atoms with Gasteiger partial charge in [0.2, 0.25) is 5.91 Å². The van der Waals surface area contributed by atoms with Crippen LogP contribution in [0.5, 0.6) is 0 Å². The number of hydrogen-bond donors (Lipinski definition) is 2. The number of carbonyl (C=O) groups is 1. The van der Waals surface area contributed by atoms with Crippen LogP contribution >= 0.6 is 0 Å². The number of aromatic nitrogens is 1. The van der Waals surface area contributed by atoms with Crippen LogP contribution < -0.4 is 10.2 Å². The Hall–Kier alpha value is -2.40. The molecule has 0 saturated carbocycles. The minimum Gasteiger partial charge on any atom is -0.394 e. The molecule has 1 aromatic heterocycles. The maximum Gasteiger partial charge on any atom is 0.243 e. The summed E-state index contributed by atoms with van der Waals surface area (Å²) >= 11 is 0. The molecule has 1 saturated heterocycles. The van der Waals surface area contributed by atoms with Crippen molar-refractivity contribution in [2.24, 2.45) is 0 Å². The molecule has 1 amide bonds. The van der Waals surface area contributed by atoms with Crippen LogP contribution in [0.3, 0.4) is 0 Å². The molecule has 0 bridgehead atoms. The molecule has 0 unspecified atom stereocenters. The maximum absolute atomic E-state index is 12.7. The van der Waals surface area contributed by atoms with Gasteiger partial charge in [0.1, 0.15) is 6.04 Å². The van der Waals surface area contributed by atoms with Gasteiger partial charge in [-0.15, -0.1) is 0 Å². The van der Waals surface area contributed by atoms with Crippen LogP contribution in [0.4, 0.5) is 5.69 Å². The third kappa shape index (κ3) is 3.92. The van der Waals surface area contributed by atoms with Gasteiger partial charge in [-0.05, 0) is 49.1 Å². The van der Waals surface area contributed by atoms with E-state index in [0.29, 0.717) is 6.42 Å². The highest BCUT2D eigenvalue weighted by Gasteiger charge is 2.31. The van der Waals surface area contributed by atoms with Gasteiger partial charge in [-0.1, -0.05) is 18.2 Å². The fraction of sp³-hybridized carbons (Fsp3) is 0.368. The summed E-state index contributed by atoms with van der Waals surface area (Å²) in [5.41, 5.74) is 2.13. The predicted octanol–water partition coefficient (Wildman–Crippen LogP) is 1.77. The molecule has 1 aliphatic heterocycles.